The van der Waals surface area contributed by atoms with Crippen LogP contribution in [0.2, 0.25) is 0 Å². The van der Waals surface area contributed by atoms with Gasteiger partial charge in [-0.25, -0.2) is 0 Å². The summed E-state index contributed by atoms with van der Waals surface area (Å²) in [5.74, 6) is 0. The van der Waals surface area contributed by atoms with E-state index in [0.29, 0.717) is 0 Å². The van der Waals surface area contributed by atoms with Gasteiger partial charge in [0.05, 0.1) is 0 Å². The van der Waals surface area contributed by atoms with E-state index in [1.165, 1.54) is 49.7 Å². The van der Waals surface area contributed by atoms with Crippen LogP contribution in [0.4, 0.5) is 0 Å². The molecule has 0 aromatic carbocycles. The van der Waals surface area contributed by atoms with Crippen LogP contribution < -0.4 is 37.7 Å². The van der Waals surface area contributed by atoms with Crippen LogP contribution in [0.25, 0.3) is 0 Å². The van der Waals surface area contributed by atoms with Crippen molar-refractivity contribution < 1.29 is 37.7 Å². The van der Waals surface area contributed by atoms with E-state index in [-0.39, 0.29) is 37.7 Å². The molecule has 0 atom stereocenters. The smallest absolute Gasteiger partial charge is 0.373 e. The van der Waals surface area contributed by atoms with Gasteiger partial charge in [0, 0.05) is 0 Å². The van der Waals surface area contributed by atoms with Crippen molar-refractivity contribution in [2.45, 2.75) is 65.2 Å². The predicted molar refractivity (Wildman–Crippen MR) is 61.8 cm³/mol. The largest absolute Gasteiger partial charge is 1.00 e. The second kappa shape index (κ2) is 12.1. The van der Waals surface area contributed by atoms with Gasteiger partial charge < -0.3 is 23.3 Å². The summed E-state index contributed by atoms with van der Waals surface area (Å²) in [5, 5.41) is 0. The van der Waals surface area contributed by atoms with Gasteiger partial charge in [0.2, 0.25) is 0 Å². The maximum Gasteiger partial charge on any atom is 1.00 e. The van der Waals surface area contributed by atoms with E-state index in [9.17, 15) is 0 Å². The third-order valence-corrected chi connectivity index (χ3v) is 2.64. The summed E-state index contributed by atoms with van der Waals surface area (Å²) in [5.41, 5.74) is 2.96. The molecule has 0 aliphatic heterocycles. The maximum atomic E-state index is 3.55. The molecule has 16 heavy (non-hydrogen) atoms. The molecule has 1 saturated carbocycles. The van der Waals surface area contributed by atoms with Gasteiger partial charge in [-0.15, -0.1) is 25.7 Å². The Balaban J connectivity index is 0. The van der Waals surface area contributed by atoms with Crippen molar-refractivity contribution in [2.75, 3.05) is 0 Å². The van der Waals surface area contributed by atoms with Gasteiger partial charge in [0.1, 0.15) is 0 Å². The Bertz CT molecular complexity index is 193. The zero-order chi connectivity index (χ0) is 10.2. The molecular formula is C14H22Li2. The number of allylic oxidation sites excluding steroid dienone is 4. The molecule has 1 aliphatic carbocycles. The van der Waals surface area contributed by atoms with Gasteiger partial charge in [-0.1, -0.05) is 39.5 Å². The van der Waals surface area contributed by atoms with Crippen LogP contribution in [0.15, 0.2) is 11.1 Å². The maximum absolute atomic E-state index is 3.55. The van der Waals surface area contributed by atoms with Crippen molar-refractivity contribution in [3.63, 3.8) is 0 Å². The van der Waals surface area contributed by atoms with Gasteiger partial charge in [-0.3, -0.25) is 0 Å². The minimum absolute atomic E-state index is 0. The second-order valence-corrected chi connectivity index (χ2v) is 4.02. The SMILES string of the molecule is CCC[C-]=C1CCCCC1=[C-]CCC.[Li+].[Li+]. The van der Waals surface area contributed by atoms with Crippen molar-refractivity contribution in [2.24, 2.45) is 0 Å². The molecule has 0 amide bonds. The average molecular weight is 204 g/mol. The van der Waals surface area contributed by atoms with Crippen LogP contribution in [0.1, 0.15) is 65.2 Å². The monoisotopic (exact) mass is 204 g/mol. The Labute approximate surface area is 126 Å². The summed E-state index contributed by atoms with van der Waals surface area (Å²) in [4.78, 5) is 0. The number of unbranched alkanes of at least 4 members (excludes halogenated alkanes) is 2. The Morgan fingerprint density at radius 1 is 0.812 bits per heavy atom. The van der Waals surface area contributed by atoms with Crippen molar-refractivity contribution in [3.05, 3.63) is 23.3 Å². The Morgan fingerprint density at radius 3 is 1.50 bits per heavy atom. The molecule has 1 rings (SSSR count). The van der Waals surface area contributed by atoms with Gasteiger partial charge >= 0.3 is 37.7 Å². The number of hydrogen-bond acceptors (Lipinski definition) is 0. The molecule has 2 heteroatoms. The molecule has 1 aliphatic rings. The molecule has 0 spiro atoms. The molecular weight excluding hydrogens is 182 g/mol. The topological polar surface area (TPSA) is 0 Å². The van der Waals surface area contributed by atoms with E-state index >= 15 is 0 Å². The van der Waals surface area contributed by atoms with E-state index in [4.69, 9.17) is 0 Å². The summed E-state index contributed by atoms with van der Waals surface area (Å²) in [6.45, 7) is 4.44. The molecule has 0 aromatic rings. The fourth-order valence-corrected chi connectivity index (χ4v) is 1.85. The third kappa shape index (κ3) is 7.09. The van der Waals surface area contributed by atoms with Crippen molar-refractivity contribution in [1.82, 2.24) is 0 Å². The van der Waals surface area contributed by atoms with E-state index < -0.39 is 0 Å². The molecule has 0 heterocycles. The Morgan fingerprint density at radius 2 is 1.19 bits per heavy atom. The normalized spacial score (nSPS) is 20.4. The quantitative estimate of drug-likeness (QED) is 0.391. The van der Waals surface area contributed by atoms with E-state index in [1.54, 1.807) is 0 Å². The van der Waals surface area contributed by atoms with Crippen molar-refractivity contribution >= 4 is 0 Å². The first-order valence-electron chi connectivity index (χ1n) is 6.08. The Hall–Kier alpha value is 0.675. The van der Waals surface area contributed by atoms with Gasteiger partial charge in [-0.05, 0) is 0 Å². The summed E-state index contributed by atoms with van der Waals surface area (Å²) in [6.07, 6.45) is 16.9. The first-order valence-corrected chi connectivity index (χ1v) is 6.08. The van der Waals surface area contributed by atoms with Crippen LogP contribution in [-0.2, 0) is 0 Å². The zero-order valence-electron chi connectivity index (χ0n) is 11.7. The summed E-state index contributed by atoms with van der Waals surface area (Å²) in [7, 11) is 0. The van der Waals surface area contributed by atoms with Gasteiger partial charge in [0.15, 0.2) is 0 Å². The van der Waals surface area contributed by atoms with Crippen molar-refractivity contribution in [1.29, 1.82) is 0 Å². The fourth-order valence-electron chi connectivity index (χ4n) is 1.85. The van der Waals surface area contributed by atoms with E-state index in [2.05, 4.69) is 26.0 Å². The number of hydrogen-bond donors (Lipinski definition) is 0. The Kier molecular flexibility index (Phi) is 14.4. The van der Waals surface area contributed by atoms with Crippen molar-refractivity contribution in [3.8, 4) is 0 Å². The van der Waals surface area contributed by atoms with Crippen LogP contribution in [0, 0.1) is 12.2 Å². The van der Waals surface area contributed by atoms with Crippen LogP contribution in [0.5, 0.6) is 0 Å². The van der Waals surface area contributed by atoms with Crippen LogP contribution in [0.3, 0.4) is 0 Å². The molecule has 1 fully saturated rings. The molecule has 0 aromatic heterocycles. The zero-order valence-corrected chi connectivity index (χ0v) is 11.7. The molecule has 0 radical (unpaired) electrons. The number of rotatable bonds is 4. The molecule has 0 unspecified atom stereocenters. The van der Waals surface area contributed by atoms with Gasteiger partial charge in [-0.2, -0.15) is 0 Å². The molecule has 0 N–H and O–H groups in total. The predicted octanol–water partition coefficient (Wildman–Crippen LogP) is -1.37. The third-order valence-electron chi connectivity index (χ3n) is 2.64. The molecule has 0 bridgehead atoms. The second-order valence-electron chi connectivity index (χ2n) is 4.02. The van der Waals surface area contributed by atoms with Crippen LogP contribution in [-0.4, -0.2) is 0 Å². The van der Waals surface area contributed by atoms with Gasteiger partial charge in [0.25, 0.3) is 0 Å². The molecule has 80 valence electrons. The summed E-state index contributed by atoms with van der Waals surface area (Å²) in [6, 6.07) is 0. The van der Waals surface area contributed by atoms with Crippen LogP contribution >= 0.6 is 0 Å². The van der Waals surface area contributed by atoms with E-state index in [0.717, 1.165) is 12.8 Å². The standard InChI is InChI=1S/C14H22.2Li/c1-3-5-9-13-11-7-8-12-14(13)10-6-4-2;;/h3-8,11-12H2,1-2H3;;/q-2;2*+1. The summed E-state index contributed by atoms with van der Waals surface area (Å²) >= 11 is 0. The first-order chi connectivity index (χ1) is 6.88. The minimum Gasteiger partial charge on any atom is -0.373 e. The minimum atomic E-state index is 0. The molecule has 0 saturated heterocycles. The fraction of sp³-hybridized carbons (Fsp3) is 0.714. The molecule has 0 nitrogen and oxygen atoms in total. The first kappa shape index (κ1) is 19.0. The average Bonchev–Trinajstić information content (AvgIpc) is 2.24. The van der Waals surface area contributed by atoms with E-state index in [1.807, 2.05) is 0 Å². The summed E-state index contributed by atoms with van der Waals surface area (Å²) < 4.78 is 0.